The third-order valence-corrected chi connectivity index (χ3v) is 7.37. The molecular formula is C21H25N3OS2. The first-order chi connectivity index (χ1) is 12.8. The number of rotatable bonds is 2. The molecule has 1 atom stereocenters. The van der Waals surface area contributed by atoms with E-state index >= 15 is 0 Å². The van der Waals surface area contributed by atoms with Crippen LogP contribution in [0.1, 0.15) is 71.3 Å². The summed E-state index contributed by atoms with van der Waals surface area (Å²) in [5.74, 6) is 0.980. The van der Waals surface area contributed by atoms with E-state index in [9.17, 15) is 4.79 Å². The number of hydrogen-bond donors (Lipinski definition) is 0. The SMILES string of the molecule is Cc1nc(C(C)(C)C)nc2sc(C(=O)N3CCCC3c3cccs3)c(C)c12. The number of carbonyl (C=O) groups excluding carboxylic acids is 1. The van der Waals surface area contributed by atoms with Crippen molar-refractivity contribution in [3.8, 4) is 0 Å². The smallest absolute Gasteiger partial charge is 0.264 e. The molecule has 27 heavy (non-hydrogen) atoms. The first-order valence-corrected chi connectivity index (χ1v) is 11.1. The first-order valence-electron chi connectivity index (χ1n) is 9.40. The molecule has 1 saturated heterocycles. The minimum absolute atomic E-state index is 0.111. The summed E-state index contributed by atoms with van der Waals surface area (Å²) < 4.78 is 0. The molecule has 3 aromatic rings. The van der Waals surface area contributed by atoms with E-state index in [1.807, 2.05) is 13.8 Å². The molecule has 0 aromatic carbocycles. The van der Waals surface area contributed by atoms with Crippen LogP contribution in [0.4, 0.5) is 0 Å². The molecule has 4 nitrogen and oxygen atoms in total. The second kappa shape index (κ2) is 6.67. The fraction of sp³-hybridized carbons (Fsp3) is 0.476. The van der Waals surface area contributed by atoms with Crippen LogP contribution >= 0.6 is 22.7 Å². The molecule has 1 aliphatic heterocycles. The number of aromatic nitrogens is 2. The van der Waals surface area contributed by atoms with Gasteiger partial charge >= 0.3 is 0 Å². The fourth-order valence-corrected chi connectivity index (χ4v) is 5.86. The van der Waals surface area contributed by atoms with Gasteiger partial charge in [0.25, 0.3) is 5.91 Å². The van der Waals surface area contributed by atoms with Gasteiger partial charge in [0.1, 0.15) is 10.7 Å². The fourth-order valence-electron chi connectivity index (χ4n) is 3.80. The molecule has 0 aliphatic carbocycles. The minimum atomic E-state index is -0.111. The number of thiophene rings is 2. The number of aryl methyl sites for hydroxylation is 2. The van der Waals surface area contributed by atoms with Gasteiger partial charge in [0.15, 0.2) is 0 Å². The van der Waals surface area contributed by atoms with Crippen LogP contribution in [-0.4, -0.2) is 27.3 Å². The molecule has 6 heteroatoms. The summed E-state index contributed by atoms with van der Waals surface area (Å²) in [5.41, 5.74) is 1.88. The second-order valence-corrected chi connectivity index (χ2v) is 10.3. The zero-order chi connectivity index (χ0) is 19.3. The van der Waals surface area contributed by atoms with Crippen molar-refractivity contribution in [1.29, 1.82) is 0 Å². The van der Waals surface area contributed by atoms with Gasteiger partial charge in [0.2, 0.25) is 0 Å². The Morgan fingerprint density at radius 1 is 1.26 bits per heavy atom. The van der Waals surface area contributed by atoms with E-state index in [1.165, 1.54) is 16.2 Å². The van der Waals surface area contributed by atoms with E-state index in [4.69, 9.17) is 9.97 Å². The molecule has 142 valence electrons. The number of nitrogens with zero attached hydrogens (tertiary/aromatic N) is 3. The number of likely N-dealkylation sites (tertiary alicyclic amines) is 1. The van der Waals surface area contributed by atoms with Gasteiger partial charge in [0, 0.05) is 22.2 Å². The lowest BCUT2D eigenvalue weighted by Gasteiger charge is -2.23. The van der Waals surface area contributed by atoms with Crippen molar-refractivity contribution in [3.63, 3.8) is 0 Å². The Kier molecular flexibility index (Phi) is 4.59. The van der Waals surface area contributed by atoms with E-state index in [0.29, 0.717) is 0 Å². The Morgan fingerprint density at radius 3 is 2.70 bits per heavy atom. The molecule has 1 fully saturated rings. The average Bonchev–Trinajstić information content (AvgIpc) is 3.32. The Bertz CT molecular complexity index is 999. The van der Waals surface area contributed by atoms with Crippen LogP contribution in [0.15, 0.2) is 17.5 Å². The summed E-state index contributed by atoms with van der Waals surface area (Å²) in [6.07, 6.45) is 2.11. The van der Waals surface area contributed by atoms with E-state index in [-0.39, 0.29) is 17.4 Å². The van der Waals surface area contributed by atoms with Crippen molar-refractivity contribution < 1.29 is 4.79 Å². The minimum Gasteiger partial charge on any atom is -0.330 e. The van der Waals surface area contributed by atoms with Crippen molar-refractivity contribution in [3.05, 3.63) is 44.3 Å². The highest BCUT2D eigenvalue weighted by Crippen LogP contribution is 2.39. The van der Waals surface area contributed by atoms with Gasteiger partial charge in [-0.15, -0.1) is 22.7 Å². The normalized spacial score (nSPS) is 17.8. The molecule has 1 amide bonds. The number of amides is 1. The third kappa shape index (κ3) is 3.19. The maximum absolute atomic E-state index is 13.4. The van der Waals surface area contributed by atoms with E-state index in [1.54, 1.807) is 11.3 Å². The molecule has 4 rings (SSSR count). The quantitative estimate of drug-likeness (QED) is 0.560. The Labute approximate surface area is 168 Å². The highest BCUT2D eigenvalue weighted by Gasteiger charge is 2.33. The van der Waals surface area contributed by atoms with Crippen molar-refractivity contribution in [1.82, 2.24) is 14.9 Å². The highest BCUT2D eigenvalue weighted by molar-refractivity contribution is 7.20. The lowest BCUT2D eigenvalue weighted by molar-refractivity contribution is 0.0742. The number of carbonyl (C=O) groups is 1. The van der Waals surface area contributed by atoms with Gasteiger partial charge in [-0.05, 0) is 43.7 Å². The van der Waals surface area contributed by atoms with Crippen LogP contribution in [0.3, 0.4) is 0 Å². The van der Waals surface area contributed by atoms with Crippen LogP contribution in [-0.2, 0) is 5.41 Å². The lowest BCUT2D eigenvalue weighted by Crippen LogP contribution is -2.30. The molecular weight excluding hydrogens is 374 g/mol. The van der Waals surface area contributed by atoms with Crippen molar-refractivity contribution in [2.45, 2.75) is 58.9 Å². The molecule has 4 heterocycles. The lowest BCUT2D eigenvalue weighted by atomic mass is 9.95. The molecule has 0 N–H and O–H groups in total. The van der Waals surface area contributed by atoms with Gasteiger partial charge in [-0.3, -0.25) is 4.79 Å². The number of fused-ring (bicyclic) bond motifs is 1. The zero-order valence-electron chi connectivity index (χ0n) is 16.5. The van der Waals surface area contributed by atoms with Crippen molar-refractivity contribution >= 4 is 38.8 Å². The zero-order valence-corrected chi connectivity index (χ0v) is 18.1. The summed E-state index contributed by atoms with van der Waals surface area (Å²) in [4.78, 5) is 28.0. The largest absolute Gasteiger partial charge is 0.330 e. The average molecular weight is 400 g/mol. The summed E-state index contributed by atoms with van der Waals surface area (Å²) in [7, 11) is 0. The molecule has 0 radical (unpaired) electrons. The number of hydrogen-bond acceptors (Lipinski definition) is 5. The Balaban J connectivity index is 1.76. The van der Waals surface area contributed by atoms with Gasteiger partial charge in [-0.25, -0.2) is 9.97 Å². The van der Waals surface area contributed by atoms with E-state index < -0.39 is 0 Å². The molecule has 0 saturated carbocycles. The molecule has 1 unspecified atom stereocenters. The van der Waals surface area contributed by atoms with Gasteiger partial charge in [-0.1, -0.05) is 26.8 Å². The van der Waals surface area contributed by atoms with Crippen LogP contribution in [0.25, 0.3) is 10.2 Å². The molecule has 0 bridgehead atoms. The first kappa shape index (κ1) is 18.6. The van der Waals surface area contributed by atoms with Crippen LogP contribution in [0.2, 0.25) is 0 Å². The highest BCUT2D eigenvalue weighted by atomic mass is 32.1. The predicted octanol–water partition coefficient (Wildman–Crippen LogP) is 5.64. The molecule has 0 spiro atoms. The summed E-state index contributed by atoms with van der Waals surface area (Å²) in [5, 5.41) is 3.14. The van der Waals surface area contributed by atoms with E-state index in [0.717, 1.165) is 51.6 Å². The van der Waals surface area contributed by atoms with Crippen LogP contribution in [0, 0.1) is 13.8 Å². The van der Waals surface area contributed by atoms with Gasteiger partial charge in [0.05, 0.1) is 16.6 Å². The van der Waals surface area contributed by atoms with Crippen molar-refractivity contribution in [2.75, 3.05) is 6.54 Å². The second-order valence-electron chi connectivity index (χ2n) is 8.29. The third-order valence-electron chi connectivity index (χ3n) is 5.22. The van der Waals surface area contributed by atoms with Gasteiger partial charge in [-0.2, -0.15) is 0 Å². The maximum atomic E-state index is 13.4. The molecule has 1 aliphatic rings. The van der Waals surface area contributed by atoms with Crippen LogP contribution < -0.4 is 0 Å². The monoisotopic (exact) mass is 399 g/mol. The van der Waals surface area contributed by atoms with Crippen LogP contribution in [0.5, 0.6) is 0 Å². The summed E-state index contributed by atoms with van der Waals surface area (Å²) >= 11 is 3.26. The topological polar surface area (TPSA) is 46.1 Å². The standard InChI is InChI=1S/C21H25N3OS2/c1-12-16-13(2)22-20(21(3,4)5)23-18(16)27-17(12)19(25)24-10-6-8-14(24)15-9-7-11-26-15/h7,9,11,14H,6,8,10H2,1-5H3. The Morgan fingerprint density at radius 2 is 2.04 bits per heavy atom. The molecule has 3 aromatic heterocycles. The summed E-state index contributed by atoms with van der Waals surface area (Å²) in [6.45, 7) is 11.3. The maximum Gasteiger partial charge on any atom is 0.264 e. The van der Waals surface area contributed by atoms with Gasteiger partial charge < -0.3 is 4.90 Å². The Hall–Kier alpha value is -1.79. The van der Waals surface area contributed by atoms with Crippen molar-refractivity contribution in [2.24, 2.45) is 0 Å². The van der Waals surface area contributed by atoms with E-state index in [2.05, 4.69) is 43.2 Å². The predicted molar refractivity (Wildman–Crippen MR) is 113 cm³/mol. The summed E-state index contributed by atoms with van der Waals surface area (Å²) in [6, 6.07) is 4.42.